The van der Waals surface area contributed by atoms with Crippen molar-refractivity contribution >= 4 is 29.5 Å². The maximum Gasteiger partial charge on any atom is 0.243 e. The number of nitrogens with one attached hydrogen (secondary N) is 1. The molecule has 7 heteroatoms. The number of nitrogens with two attached hydrogens (primary N) is 1. The molecule has 1 heterocycles. The van der Waals surface area contributed by atoms with Crippen molar-refractivity contribution in [3.05, 3.63) is 0 Å². The van der Waals surface area contributed by atoms with Gasteiger partial charge in [0.2, 0.25) is 17.7 Å². The third-order valence-corrected chi connectivity index (χ3v) is 4.57. The summed E-state index contributed by atoms with van der Waals surface area (Å²) in [5, 5.41) is 2.75. The van der Waals surface area contributed by atoms with E-state index in [0.29, 0.717) is 18.1 Å². The van der Waals surface area contributed by atoms with E-state index in [2.05, 4.69) is 5.32 Å². The molecule has 0 aliphatic carbocycles. The van der Waals surface area contributed by atoms with E-state index in [-0.39, 0.29) is 23.8 Å². The third kappa shape index (κ3) is 5.19. The summed E-state index contributed by atoms with van der Waals surface area (Å²) < 4.78 is 0. The highest BCUT2D eigenvalue weighted by molar-refractivity contribution is 7.99. The summed E-state index contributed by atoms with van der Waals surface area (Å²) in [6.07, 6.45) is 0.407. The number of carbonyl (C=O) groups excluding carboxylic acids is 3. The van der Waals surface area contributed by atoms with E-state index in [1.54, 1.807) is 30.5 Å². The molecule has 1 fully saturated rings. The zero-order valence-electron chi connectivity index (χ0n) is 14.1. The molecule has 1 unspecified atom stereocenters. The van der Waals surface area contributed by atoms with Gasteiger partial charge in [0.25, 0.3) is 0 Å². The van der Waals surface area contributed by atoms with Crippen LogP contribution in [0.25, 0.3) is 0 Å². The summed E-state index contributed by atoms with van der Waals surface area (Å²) >= 11 is 1.57. The SMILES string of the molecule is CC(C)(C)CC(=O)N1CSCC1C(=O)NCC(C)(C)C(N)=O. The normalized spacial score (nSPS) is 19.1. The van der Waals surface area contributed by atoms with Gasteiger partial charge in [0.05, 0.1) is 11.3 Å². The average molecular weight is 329 g/mol. The summed E-state index contributed by atoms with van der Waals surface area (Å²) in [4.78, 5) is 37.6. The number of thioether (sulfide) groups is 1. The van der Waals surface area contributed by atoms with Crippen molar-refractivity contribution in [2.45, 2.75) is 47.1 Å². The highest BCUT2D eigenvalue weighted by atomic mass is 32.2. The molecule has 22 heavy (non-hydrogen) atoms. The minimum atomic E-state index is -0.804. The maximum atomic E-state index is 12.3. The summed E-state index contributed by atoms with van der Waals surface area (Å²) in [6.45, 7) is 9.53. The lowest BCUT2D eigenvalue weighted by Gasteiger charge is -2.28. The molecule has 126 valence electrons. The molecule has 1 aliphatic rings. The first kappa shape index (κ1) is 18.8. The highest BCUT2D eigenvalue weighted by Gasteiger charge is 2.36. The molecule has 1 rings (SSSR count). The van der Waals surface area contributed by atoms with Crippen molar-refractivity contribution in [1.82, 2.24) is 10.2 Å². The van der Waals surface area contributed by atoms with Gasteiger partial charge in [-0.3, -0.25) is 14.4 Å². The smallest absolute Gasteiger partial charge is 0.243 e. The van der Waals surface area contributed by atoms with Crippen molar-refractivity contribution < 1.29 is 14.4 Å². The van der Waals surface area contributed by atoms with Gasteiger partial charge >= 0.3 is 0 Å². The van der Waals surface area contributed by atoms with Gasteiger partial charge in [-0.1, -0.05) is 20.8 Å². The van der Waals surface area contributed by atoms with E-state index in [9.17, 15) is 14.4 Å². The van der Waals surface area contributed by atoms with Gasteiger partial charge in [-0.25, -0.2) is 0 Å². The minimum absolute atomic E-state index is 0.00758. The molecule has 1 atom stereocenters. The Morgan fingerprint density at radius 1 is 1.23 bits per heavy atom. The molecule has 6 nitrogen and oxygen atoms in total. The number of rotatable bonds is 5. The van der Waals surface area contributed by atoms with Crippen molar-refractivity contribution in [1.29, 1.82) is 0 Å². The first-order valence-corrected chi connectivity index (χ1v) is 8.54. The van der Waals surface area contributed by atoms with Crippen LogP contribution in [0.15, 0.2) is 0 Å². The average Bonchev–Trinajstić information content (AvgIpc) is 2.83. The van der Waals surface area contributed by atoms with Crippen LogP contribution in [-0.2, 0) is 14.4 Å². The van der Waals surface area contributed by atoms with Crippen LogP contribution >= 0.6 is 11.8 Å². The predicted octanol–water partition coefficient (Wildman–Crippen LogP) is 0.952. The van der Waals surface area contributed by atoms with Gasteiger partial charge in [0.15, 0.2) is 0 Å². The fourth-order valence-electron chi connectivity index (χ4n) is 1.97. The molecule has 0 bridgehead atoms. The van der Waals surface area contributed by atoms with Crippen LogP contribution in [0.4, 0.5) is 0 Å². The van der Waals surface area contributed by atoms with Crippen molar-refractivity contribution in [3.63, 3.8) is 0 Å². The lowest BCUT2D eigenvalue weighted by Crippen LogP contribution is -2.51. The molecular formula is C15H27N3O3S. The Morgan fingerprint density at radius 3 is 2.32 bits per heavy atom. The second-order valence-electron chi connectivity index (χ2n) is 7.58. The minimum Gasteiger partial charge on any atom is -0.369 e. The molecule has 3 amide bonds. The third-order valence-electron chi connectivity index (χ3n) is 3.56. The van der Waals surface area contributed by atoms with Gasteiger partial charge in [-0.05, 0) is 19.3 Å². The van der Waals surface area contributed by atoms with Gasteiger partial charge < -0.3 is 16.0 Å². The highest BCUT2D eigenvalue weighted by Crippen LogP contribution is 2.26. The Hall–Kier alpha value is -1.24. The van der Waals surface area contributed by atoms with Crippen LogP contribution in [0, 0.1) is 10.8 Å². The molecule has 1 saturated heterocycles. The number of hydrogen-bond acceptors (Lipinski definition) is 4. The molecular weight excluding hydrogens is 302 g/mol. The molecule has 0 saturated carbocycles. The van der Waals surface area contributed by atoms with Crippen LogP contribution in [0.5, 0.6) is 0 Å². The first-order chi connectivity index (χ1) is 9.94. The Labute approximate surface area is 136 Å². The summed E-state index contributed by atoms with van der Waals surface area (Å²) in [7, 11) is 0. The lowest BCUT2D eigenvalue weighted by molar-refractivity contribution is -0.139. The van der Waals surface area contributed by atoms with Crippen LogP contribution in [0.3, 0.4) is 0 Å². The van der Waals surface area contributed by atoms with Gasteiger partial charge in [0, 0.05) is 18.7 Å². The topological polar surface area (TPSA) is 92.5 Å². The second kappa shape index (κ2) is 6.89. The quantitative estimate of drug-likeness (QED) is 0.785. The molecule has 1 aliphatic heterocycles. The summed E-state index contributed by atoms with van der Waals surface area (Å²) in [5.74, 6) is 0.424. The number of carbonyl (C=O) groups is 3. The van der Waals surface area contributed by atoms with E-state index in [4.69, 9.17) is 5.73 Å². The number of primary amides is 1. The van der Waals surface area contributed by atoms with Gasteiger partial charge in [-0.2, -0.15) is 0 Å². The van der Waals surface area contributed by atoms with E-state index in [1.807, 2.05) is 20.8 Å². The maximum absolute atomic E-state index is 12.3. The summed E-state index contributed by atoms with van der Waals surface area (Å²) in [5.41, 5.74) is 4.38. The molecule has 0 aromatic heterocycles. The zero-order valence-corrected chi connectivity index (χ0v) is 14.9. The van der Waals surface area contributed by atoms with Crippen LogP contribution in [-0.4, -0.2) is 46.8 Å². The molecule has 0 aromatic rings. The van der Waals surface area contributed by atoms with Crippen molar-refractivity contribution in [2.24, 2.45) is 16.6 Å². The van der Waals surface area contributed by atoms with Crippen molar-refractivity contribution in [2.75, 3.05) is 18.2 Å². The fourth-order valence-corrected chi connectivity index (χ4v) is 3.15. The van der Waals surface area contributed by atoms with Gasteiger partial charge in [-0.15, -0.1) is 11.8 Å². The van der Waals surface area contributed by atoms with Crippen LogP contribution < -0.4 is 11.1 Å². The fraction of sp³-hybridized carbons (Fsp3) is 0.800. The molecule has 3 N–H and O–H groups in total. The largest absolute Gasteiger partial charge is 0.369 e. The monoisotopic (exact) mass is 329 g/mol. The lowest BCUT2D eigenvalue weighted by atomic mass is 9.91. The Kier molecular flexibility index (Phi) is 5.89. The number of nitrogens with zero attached hydrogens (tertiary/aromatic N) is 1. The van der Waals surface area contributed by atoms with E-state index < -0.39 is 17.4 Å². The van der Waals surface area contributed by atoms with E-state index in [0.717, 1.165) is 0 Å². The van der Waals surface area contributed by atoms with Crippen LogP contribution in [0.2, 0.25) is 0 Å². The Morgan fingerprint density at radius 2 is 1.82 bits per heavy atom. The summed E-state index contributed by atoms with van der Waals surface area (Å²) in [6, 6.07) is -0.469. The first-order valence-electron chi connectivity index (χ1n) is 7.39. The predicted molar refractivity (Wildman–Crippen MR) is 88.0 cm³/mol. The van der Waals surface area contributed by atoms with Crippen molar-refractivity contribution in [3.8, 4) is 0 Å². The molecule has 0 aromatic carbocycles. The standard InChI is InChI=1S/C15H27N3O3S/c1-14(2,3)6-11(19)18-9-22-7-10(18)12(20)17-8-15(4,5)13(16)21/h10H,6-9H2,1-5H3,(H2,16,21)(H,17,20). The molecule has 0 spiro atoms. The van der Waals surface area contributed by atoms with E-state index in [1.165, 1.54) is 0 Å². The molecule has 0 radical (unpaired) electrons. The van der Waals surface area contributed by atoms with Crippen LogP contribution in [0.1, 0.15) is 41.0 Å². The Balaban J connectivity index is 2.64. The number of hydrogen-bond donors (Lipinski definition) is 2. The second-order valence-corrected chi connectivity index (χ2v) is 8.58. The van der Waals surface area contributed by atoms with Gasteiger partial charge in [0.1, 0.15) is 6.04 Å². The zero-order chi connectivity index (χ0) is 17.1. The van der Waals surface area contributed by atoms with E-state index >= 15 is 0 Å². The Bertz CT molecular complexity index is 457. The number of amides is 3.